The highest BCUT2D eigenvalue weighted by Crippen LogP contribution is 2.47. The normalized spacial score (nSPS) is 28.8. The van der Waals surface area contributed by atoms with Gasteiger partial charge >= 0.3 is 6.09 Å². The van der Waals surface area contributed by atoms with Crippen molar-refractivity contribution in [3.05, 3.63) is 34.6 Å². The van der Waals surface area contributed by atoms with Crippen LogP contribution >= 0.6 is 11.6 Å². The Labute approximate surface area is 116 Å². The molecule has 0 aromatic heterocycles. The van der Waals surface area contributed by atoms with Gasteiger partial charge in [-0.15, -0.1) is 0 Å². The number of hydrogen-bond acceptors (Lipinski definition) is 2. The first kappa shape index (κ1) is 12.7. The Morgan fingerprint density at radius 2 is 2.26 bits per heavy atom. The smallest absolute Gasteiger partial charge is 0.410 e. The Kier molecular flexibility index (Phi) is 3.13. The summed E-state index contributed by atoms with van der Waals surface area (Å²) in [6, 6.07) is 5.27. The lowest BCUT2D eigenvalue weighted by Crippen LogP contribution is -2.36. The number of carbonyl (C=O) groups is 1. The first-order valence-electron chi connectivity index (χ1n) is 6.43. The van der Waals surface area contributed by atoms with Gasteiger partial charge in [-0.1, -0.05) is 17.7 Å². The van der Waals surface area contributed by atoms with Crippen LogP contribution in [0, 0.1) is 5.82 Å². The van der Waals surface area contributed by atoms with Crippen molar-refractivity contribution in [2.24, 2.45) is 0 Å². The maximum absolute atomic E-state index is 13.6. The van der Waals surface area contributed by atoms with E-state index < -0.39 is 5.82 Å². The first-order valence-corrected chi connectivity index (χ1v) is 6.81. The van der Waals surface area contributed by atoms with Gasteiger partial charge < -0.3 is 9.64 Å². The Bertz CT molecular complexity index is 522. The lowest BCUT2D eigenvalue weighted by atomic mass is 9.84. The summed E-state index contributed by atoms with van der Waals surface area (Å²) in [5.74, 6) is -0.212. The van der Waals surface area contributed by atoms with Gasteiger partial charge in [0.2, 0.25) is 0 Å². The van der Waals surface area contributed by atoms with Gasteiger partial charge in [-0.2, -0.15) is 0 Å². The Morgan fingerprint density at radius 1 is 1.47 bits per heavy atom. The molecule has 2 aliphatic heterocycles. The SMILES string of the molecule is COC(=O)N1[C@H]2CC[C@@H]1[C@@H](c1ccc(Cl)c(F)c1)C2. The fourth-order valence-corrected chi connectivity index (χ4v) is 3.60. The van der Waals surface area contributed by atoms with E-state index in [1.54, 1.807) is 6.07 Å². The van der Waals surface area contributed by atoms with E-state index in [1.807, 2.05) is 11.0 Å². The highest BCUT2D eigenvalue weighted by molar-refractivity contribution is 6.30. The van der Waals surface area contributed by atoms with Crippen LogP contribution in [-0.4, -0.2) is 30.2 Å². The van der Waals surface area contributed by atoms with Gasteiger partial charge in [0.1, 0.15) is 5.82 Å². The van der Waals surface area contributed by atoms with E-state index in [-0.39, 0.29) is 29.1 Å². The van der Waals surface area contributed by atoms with Gasteiger partial charge in [0.25, 0.3) is 0 Å². The van der Waals surface area contributed by atoms with Gasteiger partial charge in [0.15, 0.2) is 0 Å². The van der Waals surface area contributed by atoms with Crippen LogP contribution in [-0.2, 0) is 4.74 Å². The van der Waals surface area contributed by atoms with Crippen LogP contribution in [0.3, 0.4) is 0 Å². The summed E-state index contributed by atoms with van der Waals surface area (Å²) in [6.07, 6.45) is 2.56. The fourth-order valence-electron chi connectivity index (χ4n) is 3.48. The molecular formula is C14H15ClFNO2. The molecule has 1 aromatic rings. The van der Waals surface area contributed by atoms with E-state index in [9.17, 15) is 9.18 Å². The molecule has 0 radical (unpaired) electrons. The van der Waals surface area contributed by atoms with Crippen molar-refractivity contribution in [3.8, 4) is 0 Å². The Balaban J connectivity index is 1.88. The predicted octanol–water partition coefficient (Wildman–Crippen LogP) is 3.57. The molecule has 2 heterocycles. The topological polar surface area (TPSA) is 29.5 Å². The van der Waals surface area contributed by atoms with Crippen molar-refractivity contribution in [2.75, 3.05) is 7.11 Å². The highest BCUT2D eigenvalue weighted by atomic mass is 35.5. The van der Waals surface area contributed by atoms with E-state index in [2.05, 4.69) is 0 Å². The molecule has 1 aromatic carbocycles. The number of halogens is 2. The van der Waals surface area contributed by atoms with Gasteiger partial charge in [-0.05, 0) is 37.0 Å². The van der Waals surface area contributed by atoms with Crippen molar-refractivity contribution < 1.29 is 13.9 Å². The van der Waals surface area contributed by atoms with Crippen LogP contribution in [0.5, 0.6) is 0 Å². The fraction of sp³-hybridized carbons (Fsp3) is 0.500. The third kappa shape index (κ3) is 1.98. The van der Waals surface area contributed by atoms with Crippen LogP contribution in [0.25, 0.3) is 0 Å². The number of rotatable bonds is 1. The van der Waals surface area contributed by atoms with Crippen molar-refractivity contribution in [1.82, 2.24) is 4.90 Å². The van der Waals surface area contributed by atoms with Gasteiger partial charge in [0, 0.05) is 18.0 Å². The molecule has 1 amide bonds. The molecule has 102 valence electrons. The van der Waals surface area contributed by atoms with Crippen LogP contribution in [0.4, 0.5) is 9.18 Å². The minimum absolute atomic E-state index is 0.123. The third-order valence-electron chi connectivity index (χ3n) is 4.29. The van der Waals surface area contributed by atoms with Crippen molar-refractivity contribution in [2.45, 2.75) is 37.3 Å². The van der Waals surface area contributed by atoms with Crippen LogP contribution in [0.2, 0.25) is 5.02 Å². The van der Waals surface area contributed by atoms with Crippen LogP contribution in [0.1, 0.15) is 30.7 Å². The third-order valence-corrected chi connectivity index (χ3v) is 4.60. The molecule has 3 atom stereocenters. The molecule has 19 heavy (non-hydrogen) atoms. The molecular weight excluding hydrogens is 269 g/mol. The van der Waals surface area contributed by atoms with E-state index in [0.29, 0.717) is 0 Å². The van der Waals surface area contributed by atoms with Gasteiger partial charge in [0.05, 0.1) is 12.1 Å². The lowest BCUT2D eigenvalue weighted by Gasteiger charge is -2.23. The zero-order chi connectivity index (χ0) is 13.6. The average Bonchev–Trinajstić information content (AvgIpc) is 2.98. The average molecular weight is 284 g/mol. The van der Waals surface area contributed by atoms with E-state index >= 15 is 0 Å². The number of hydrogen-bond donors (Lipinski definition) is 0. The minimum atomic E-state index is -0.397. The van der Waals surface area contributed by atoms with Crippen LogP contribution < -0.4 is 0 Å². The Hall–Kier alpha value is -1.29. The molecule has 2 bridgehead atoms. The highest BCUT2D eigenvalue weighted by Gasteiger charge is 2.49. The molecule has 3 rings (SSSR count). The maximum atomic E-state index is 13.6. The quantitative estimate of drug-likeness (QED) is 0.788. The number of methoxy groups -OCH3 is 1. The van der Waals surface area contributed by atoms with Gasteiger partial charge in [-0.3, -0.25) is 0 Å². The summed E-state index contributed by atoms with van der Waals surface area (Å²) >= 11 is 5.71. The molecule has 2 saturated heterocycles. The zero-order valence-corrected chi connectivity index (χ0v) is 11.4. The second kappa shape index (κ2) is 4.67. The number of ether oxygens (including phenoxy) is 1. The molecule has 0 saturated carbocycles. The number of benzene rings is 1. The van der Waals surface area contributed by atoms with E-state index in [0.717, 1.165) is 24.8 Å². The number of nitrogens with zero attached hydrogens (tertiary/aromatic N) is 1. The maximum Gasteiger partial charge on any atom is 0.410 e. The second-order valence-corrected chi connectivity index (χ2v) is 5.60. The van der Waals surface area contributed by atoms with Crippen LogP contribution in [0.15, 0.2) is 18.2 Å². The number of fused-ring (bicyclic) bond motifs is 2. The summed E-state index contributed by atoms with van der Waals surface area (Å²) in [7, 11) is 1.40. The molecule has 2 fully saturated rings. The van der Waals surface area contributed by atoms with Crippen molar-refractivity contribution in [3.63, 3.8) is 0 Å². The lowest BCUT2D eigenvalue weighted by molar-refractivity contribution is 0.116. The van der Waals surface area contributed by atoms with Gasteiger partial charge in [-0.25, -0.2) is 9.18 Å². The molecule has 0 aliphatic carbocycles. The molecule has 5 heteroatoms. The molecule has 2 aliphatic rings. The van der Waals surface area contributed by atoms with Crippen molar-refractivity contribution >= 4 is 17.7 Å². The number of amides is 1. The molecule has 0 N–H and O–H groups in total. The summed E-state index contributed by atoms with van der Waals surface area (Å²) in [5, 5.41) is 0.136. The second-order valence-electron chi connectivity index (χ2n) is 5.19. The number of carbonyl (C=O) groups excluding carboxylic acids is 1. The molecule has 0 unspecified atom stereocenters. The standard InChI is InChI=1S/C14H15ClFNO2/c1-19-14(18)17-9-3-5-13(17)10(7-9)8-2-4-11(15)12(16)6-8/h2,4,6,9-10,13H,3,5,7H2,1H3/t9-,10+,13+/m0/s1. The Morgan fingerprint density at radius 3 is 2.95 bits per heavy atom. The minimum Gasteiger partial charge on any atom is -0.453 e. The summed E-state index contributed by atoms with van der Waals surface area (Å²) in [4.78, 5) is 13.6. The molecule has 0 spiro atoms. The molecule has 3 nitrogen and oxygen atoms in total. The predicted molar refractivity (Wildman–Crippen MR) is 69.8 cm³/mol. The largest absolute Gasteiger partial charge is 0.453 e. The summed E-state index contributed by atoms with van der Waals surface area (Å²) in [6.45, 7) is 0. The zero-order valence-electron chi connectivity index (χ0n) is 10.6. The summed E-state index contributed by atoms with van der Waals surface area (Å²) in [5.41, 5.74) is 0.919. The van der Waals surface area contributed by atoms with Crippen molar-refractivity contribution in [1.29, 1.82) is 0 Å². The monoisotopic (exact) mass is 283 g/mol. The van der Waals surface area contributed by atoms with E-state index in [4.69, 9.17) is 16.3 Å². The van der Waals surface area contributed by atoms with E-state index in [1.165, 1.54) is 13.2 Å². The summed E-state index contributed by atoms with van der Waals surface area (Å²) < 4.78 is 18.4. The first-order chi connectivity index (χ1) is 9.11.